The van der Waals surface area contributed by atoms with Gasteiger partial charge in [-0.15, -0.1) is 0 Å². The zero-order chi connectivity index (χ0) is 32.1. The van der Waals surface area contributed by atoms with Crippen LogP contribution in [0, 0.1) is 13.8 Å². The van der Waals surface area contributed by atoms with Gasteiger partial charge in [-0.05, 0) is 86.6 Å². The van der Waals surface area contributed by atoms with Crippen LogP contribution in [0.3, 0.4) is 0 Å². The van der Waals surface area contributed by atoms with Gasteiger partial charge in [0.1, 0.15) is 60.9 Å². The van der Waals surface area contributed by atoms with Crippen molar-refractivity contribution in [3.05, 3.63) is 144 Å². The minimum Gasteiger partial charge on any atom is -0.490 e. The van der Waals surface area contributed by atoms with Gasteiger partial charge in [0.25, 0.3) is 0 Å². The summed E-state index contributed by atoms with van der Waals surface area (Å²) in [6.07, 6.45) is -2.40. The Labute approximate surface area is 269 Å². The van der Waals surface area contributed by atoms with E-state index in [1.54, 1.807) is 72.8 Å². The van der Waals surface area contributed by atoms with Crippen molar-refractivity contribution in [3.8, 4) is 34.5 Å². The number of aliphatic hydroxyl groups excluding tert-OH is 2. The first-order chi connectivity index (χ1) is 22.4. The summed E-state index contributed by atoms with van der Waals surface area (Å²) in [4.78, 5) is 0. The van der Waals surface area contributed by atoms with E-state index in [1.165, 1.54) is 11.1 Å². The van der Waals surface area contributed by atoms with E-state index in [4.69, 9.17) is 28.4 Å². The molecule has 0 bridgehead atoms. The molecule has 2 unspecified atom stereocenters. The van der Waals surface area contributed by atoms with Crippen LogP contribution in [0.2, 0.25) is 0 Å². The maximum atomic E-state index is 10.6. The third-order valence-electron chi connectivity index (χ3n) is 6.93. The molecule has 0 spiro atoms. The van der Waals surface area contributed by atoms with Gasteiger partial charge in [0.2, 0.25) is 12.6 Å². The number of aryl methyl sites for hydroxylation is 2. The van der Waals surface area contributed by atoms with Crippen LogP contribution in [0.1, 0.15) is 34.8 Å². The van der Waals surface area contributed by atoms with Gasteiger partial charge in [0.05, 0.1) is 0 Å². The third-order valence-corrected chi connectivity index (χ3v) is 6.93. The van der Waals surface area contributed by atoms with E-state index in [9.17, 15) is 10.2 Å². The summed E-state index contributed by atoms with van der Waals surface area (Å²) in [7, 11) is 0. The third kappa shape index (κ3) is 9.92. The van der Waals surface area contributed by atoms with Crippen molar-refractivity contribution in [2.75, 3.05) is 26.4 Å². The summed E-state index contributed by atoms with van der Waals surface area (Å²) in [6, 6.07) is 36.4. The molecule has 2 N–H and O–H groups in total. The predicted molar refractivity (Wildman–Crippen MR) is 175 cm³/mol. The Morgan fingerprint density at radius 2 is 0.609 bits per heavy atom. The highest BCUT2D eigenvalue weighted by Gasteiger charge is 2.14. The molecule has 5 aromatic rings. The monoisotopic (exact) mass is 622 g/mol. The predicted octanol–water partition coefficient (Wildman–Crippen LogP) is 7.36. The molecule has 0 saturated heterocycles. The summed E-state index contributed by atoms with van der Waals surface area (Å²) < 4.78 is 34.2. The van der Waals surface area contributed by atoms with E-state index >= 15 is 0 Å². The van der Waals surface area contributed by atoms with Crippen molar-refractivity contribution in [1.82, 2.24) is 0 Å². The van der Waals surface area contributed by atoms with Crippen LogP contribution in [0.5, 0.6) is 34.5 Å². The van der Waals surface area contributed by atoms with Crippen LogP contribution in [0.4, 0.5) is 0 Å². The highest BCUT2D eigenvalue weighted by molar-refractivity contribution is 5.34. The Kier molecular flexibility index (Phi) is 11.4. The van der Waals surface area contributed by atoms with Gasteiger partial charge in [-0.3, -0.25) is 0 Å². The second kappa shape index (κ2) is 16.2. The maximum Gasteiger partial charge on any atom is 0.224 e. The van der Waals surface area contributed by atoms with Gasteiger partial charge in [0.15, 0.2) is 0 Å². The smallest absolute Gasteiger partial charge is 0.224 e. The average Bonchev–Trinajstić information content (AvgIpc) is 3.08. The number of benzene rings is 5. The topological polar surface area (TPSA) is 95.8 Å². The van der Waals surface area contributed by atoms with Crippen molar-refractivity contribution >= 4 is 0 Å². The van der Waals surface area contributed by atoms with Crippen LogP contribution < -0.4 is 28.4 Å². The highest BCUT2D eigenvalue weighted by atomic mass is 16.6. The Morgan fingerprint density at radius 3 is 0.891 bits per heavy atom. The molecule has 0 aliphatic rings. The lowest BCUT2D eigenvalue weighted by molar-refractivity contribution is -0.0226. The molecule has 0 fully saturated rings. The van der Waals surface area contributed by atoms with Crippen LogP contribution in [0.15, 0.2) is 121 Å². The van der Waals surface area contributed by atoms with Crippen LogP contribution in [-0.4, -0.2) is 36.6 Å². The van der Waals surface area contributed by atoms with Gasteiger partial charge in [-0.25, -0.2) is 0 Å². The van der Waals surface area contributed by atoms with E-state index in [0.29, 0.717) is 60.6 Å². The minimum atomic E-state index is -1.20. The molecule has 0 aromatic heterocycles. The molecule has 0 amide bonds. The molecule has 0 heterocycles. The summed E-state index contributed by atoms with van der Waals surface area (Å²) in [5.41, 5.74) is 3.41. The fraction of sp³-hybridized carbons (Fsp3) is 0.211. The number of hydrogen-bond donors (Lipinski definition) is 2. The summed E-state index contributed by atoms with van der Waals surface area (Å²) >= 11 is 0. The fourth-order valence-corrected chi connectivity index (χ4v) is 4.36. The molecule has 0 aliphatic carbocycles. The van der Waals surface area contributed by atoms with E-state index in [2.05, 4.69) is 0 Å². The molecular formula is C38H38O8. The van der Waals surface area contributed by atoms with Crippen LogP contribution >= 0.6 is 0 Å². The summed E-state index contributed by atoms with van der Waals surface area (Å²) in [5.74, 6) is 3.89. The zero-order valence-corrected chi connectivity index (χ0v) is 25.9. The SMILES string of the molecule is Cc1ccc(OCCOc2ccc(OC(O)c3ccc(C(O)Oc4ccc(OCCOc5ccc(C)cc5)cc4)cc3)cc2)cc1. The number of hydrogen-bond acceptors (Lipinski definition) is 8. The first kappa shape index (κ1) is 32.2. The second-order valence-corrected chi connectivity index (χ2v) is 10.6. The fourth-order valence-electron chi connectivity index (χ4n) is 4.36. The molecular weight excluding hydrogens is 584 g/mol. The molecule has 0 saturated carbocycles. The standard InChI is InChI=1S/C38H38O8/c1-27-3-11-31(12-4-27)41-23-25-43-33-15-19-35(20-16-33)45-37(39)29-7-9-30(10-8-29)38(40)46-36-21-17-34(18-22-36)44-26-24-42-32-13-5-28(2)6-14-32/h3-22,37-40H,23-26H2,1-2H3. The van der Waals surface area contributed by atoms with Crippen molar-refractivity contribution in [2.45, 2.75) is 26.4 Å². The van der Waals surface area contributed by atoms with E-state index < -0.39 is 12.6 Å². The Hall–Kier alpha value is -5.18. The van der Waals surface area contributed by atoms with Crippen molar-refractivity contribution in [2.24, 2.45) is 0 Å². The Bertz CT molecular complexity index is 1480. The van der Waals surface area contributed by atoms with E-state index in [1.807, 2.05) is 62.4 Å². The van der Waals surface area contributed by atoms with Gasteiger partial charge in [-0.2, -0.15) is 0 Å². The van der Waals surface area contributed by atoms with Gasteiger partial charge < -0.3 is 38.6 Å². The van der Waals surface area contributed by atoms with Gasteiger partial charge in [-0.1, -0.05) is 59.7 Å². The van der Waals surface area contributed by atoms with Crippen LogP contribution in [0.25, 0.3) is 0 Å². The molecule has 46 heavy (non-hydrogen) atoms. The number of ether oxygens (including phenoxy) is 6. The molecule has 8 nitrogen and oxygen atoms in total. The molecule has 5 rings (SSSR count). The first-order valence-electron chi connectivity index (χ1n) is 15.1. The quantitative estimate of drug-likeness (QED) is 0.0871. The minimum absolute atomic E-state index is 0.392. The van der Waals surface area contributed by atoms with E-state index in [0.717, 1.165) is 11.5 Å². The molecule has 238 valence electrons. The summed E-state index contributed by atoms with van der Waals surface area (Å²) in [6.45, 7) is 5.68. The number of aliphatic hydroxyl groups is 2. The number of rotatable bonds is 16. The average molecular weight is 623 g/mol. The zero-order valence-electron chi connectivity index (χ0n) is 25.9. The normalized spacial score (nSPS) is 12.1. The second-order valence-electron chi connectivity index (χ2n) is 10.6. The Morgan fingerprint density at radius 1 is 0.370 bits per heavy atom. The largest absolute Gasteiger partial charge is 0.490 e. The van der Waals surface area contributed by atoms with Gasteiger partial charge >= 0.3 is 0 Å². The van der Waals surface area contributed by atoms with E-state index in [-0.39, 0.29) is 0 Å². The van der Waals surface area contributed by atoms with Crippen molar-refractivity contribution in [3.63, 3.8) is 0 Å². The lowest BCUT2D eigenvalue weighted by Crippen LogP contribution is -2.10. The van der Waals surface area contributed by atoms with Crippen molar-refractivity contribution < 1.29 is 38.6 Å². The van der Waals surface area contributed by atoms with Gasteiger partial charge in [0, 0.05) is 11.1 Å². The highest BCUT2D eigenvalue weighted by Crippen LogP contribution is 2.26. The molecule has 2 atom stereocenters. The summed E-state index contributed by atoms with van der Waals surface area (Å²) in [5, 5.41) is 21.2. The molecule has 0 radical (unpaired) electrons. The van der Waals surface area contributed by atoms with Crippen molar-refractivity contribution in [1.29, 1.82) is 0 Å². The Balaban J connectivity index is 1.01. The first-order valence-corrected chi connectivity index (χ1v) is 15.1. The lowest BCUT2D eigenvalue weighted by Gasteiger charge is -2.17. The maximum absolute atomic E-state index is 10.6. The molecule has 8 heteroatoms. The van der Waals surface area contributed by atoms with Crippen LogP contribution in [-0.2, 0) is 0 Å². The molecule has 0 aliphatic heterocycles. The lowest BCUT2D eigenvalue weighted by atomic mass is 10.1. The molecule has 5 aromatic carbocycles.